The van der Waals surface area contributed by atoms with E-state index < -0.39 is 8.07 Å². The first kappa shape index (κ1) is 9.30. The van der Waals surface area contributed by atoms with Crippen LogP contribution in [0.4, 0.5) is 0 Å². The zero-order chi connectivity index (χ0) is 8.04. The summed E-state index contributed by atoms with van der Waals surface area (Å²) < 4.78 is 0. The largest absolute Gasteiger partial charge is 0.129 e. The Labute approximate surface area is 64.7 Å². The first-order chi connectivity index (χ1) is 4.56. The van der Waals surface area contributed by atoms with Gasteiger partial charge in [0.25, 0.3) is 0 Å². The van der Waals surface area contributed by atoms with Gasteiger partial charge in [-0.25, -0.2) is 0 Å². The topological polar surface area (TPSA) is 0 Å². The number of rotatable bonds is 0. The first-order valence-electron chi connectivity index (χ1n) is 3.44. The lowest BCUT2D eigenvalue weighted by molar-refractivity contribution is 1.77. The van der Waals surface area contributed by atoms with Gasteiger partial charge in [-0.15, -0.1) is 11.3 Å². The van der Waals surface area contributed by atoms with E-state index in [2.05, 4.69) is 36.8 Å². The van der Waals surface area contributed by atoms with Crippen LogP contribution in [0.3, 0.4) is 0 Å². The van der Waals surface area contributed by atoms with Crippen molar-refractivity contribution in [1.29, 1.82) is 0 Å². The highest BCUT2D eigenvalue weighted by Crippen LogP contribution is 1.95. The minimum atomic E-state index is -1.15. The van der Waals surface area contributed by atoms with Gasteiger partial charge in [0.1, 0.15) is 8.07 Å². The van der Waals surface area contributed by atoms with Gasteiger partial charge in [-0.2, -0.15) is 0 Å². The van der Waals surface area contributed by atoms with Crippen LogP contribution in [-0.4, -0.2) is 8.07 Å². The summed E-state index contributed by atoms with van der Waals surface area (Å²) in [7, 11) is -1.15. The molecule has 0 N–H and O–H groups in total. The standard InChI is InChI=1S/C9H14Si/c1-5-6-7-8-9-10(2,3)4/h5,7H,1-4H3. The molecular formula is C9H14Si. The van der Waals surface area contributed by atoms with E-state index in [1.54, 1.807) is 6.08 Å². The predicted molar refractivity (Wildman–Crippen MR) is 49.4 cm³/mol. The van der Waals surface area contributed by atoms with Crippen molar-refractivity contribution < 1.29 is 0 Å². The molecule has 0 aromatic rings. The Bertz CT molecular complexity index is 201. The molecule has 0 aromatic carbocycles. The SMILES string of the molecule is CC=C=CC#C[Si](C)(C)C. The molecule has 0 rings (SSSR count). The van der Waals surface area contributed by atoms with Gasteiger partial charge in [-0.3, -0.25) is 0 Å². The first-order valence-corrected chi connectivity index (χ1v) is 6.94. The van der Waals surface area contributed by atoms with Crippen molar-refractivity contribution in [3.8, 4) is 11.5 Å². The molecule has 0 aromatic heterocycles. The molecule has 0 saturated carbocycles. The second-order valence-corrected chi connectivity index (χ2v) is 7.87. The van der Waals surface area contributed by atoms with E-state index in [1.165, 1.54) is 0 Å². The van der Waals surface area contributed by atoms with Crippen LogP contribution in [-0.2, 0) is 0 Å². The Kier molecular flexibility index (Phi) is 3.87. The van der Waals surface area contributed by atoms with Crippen molar-refractivity contribution in [2.75, 3.05) is 0 Å². The molecule has 0 aliphatic heterocycles. The van der Waals surface area contributed by atoms with E-state index in [4.69, 9.17) is 0 Å². The summed E-state index contributed by atoms with van der Waals surface area (Å²) in [5.74, 6) is 2.97. The van der Waals surface area contributed by atoms with Crippen LogP contribution < -0.4 is 0 Å². The summed E-state index contributed by atoms with van der Waals surface area (Å²) in [5.41, 5.74) is 6.13. The second kappa shape index (κ2) is 4.17. The van der Waals surface area contributed by atoms with Crippen LogP contribution in [0.25, 0.3) is 0 Å². The van der Waals surface area contributed by atoms with Gasteiger partial charge >= 0.3 is 0 Å². The van der Waals surface area contributed by atoms with Gasteiger partial charge in [0, 0.05) is 6.08 Å². The minimum absolute atomic E-state index is 1.15. The Morgan fingerprint density at radius 1 is 1.20 bits per heavy atom. The highest BCUT2D eigenvalue weighted by Gasteiger charge is 2.06. The predicted octanol–water partition coefficient (Wildman–Crippen LogP) is 2.60. The average Bonchev–Trinajstić information content (AvgIpc) is 1.78. The van der Waals surface area contributed by atoms with Crippen LogP contribution in [0.1, 0.15) is 6.92 Å². The fourth-order valence-corrected chi connectivity index (χ4v) is 0.883. The van der Waals surface area contributed by atoms with E-state index in [9.17, 15) is 0 Å². The van der Waals surface area contributed by atoms with E-state index >= 15 is 0 Å². The number of hydrogen-bond acceptors (Lipinski definition) is 0. The lowest BCUT2D eigenvalue weighted by Crippen LogP contribution is -2.16. The smallest absolute Gasteiger partial charge is 0.127 e. The summed E-state index contributed by atoms with van der Waals surface area (Å²) in [6.07, 6.45) is 3.64. The molecule has 0 heterocycles. The molecule has 54 valence electrons. The molecule has 0 saturated heterocycles. The summed E-state index contributed by atoms with van der Waals surface area (Å²) in [6.45, 7) is 8.61. The van der Waals surface area contributed by atoms with Crippen molar-refractivity contribution >= 4 is 8.07 Å². The van der Waals surface area contributed by atoms with E-state index in [1.807, 2.05) is 13.0 Å². The minimum Gasteiger partial charge on any atom is -0.127 e. The third-order valence-corrected chi connectivity index (χ3v) is 1.66. The molecule has 10 heavy (non-hydrogen) atoms. The van der Waals surface area contributed by atoms with E-state index in [-0.39, 0.29) is 0 Å². The maximum atomic E-state index is 3.21. The lowest BCUT2D eigenvalue weighted by Gasteiger charge is -2.01. The fraction of sp³-hybridized carbons (Fsp3) is 0.444. The maximum absolute atomic E-state index is 3.21. The third-order valence-electron chi connectivity index (χ3n) is 0.769. The van der Waals surface area contributed by atoms with E-state index in [0.717, 1.165) is 0 Å². The average molecular weight is 150 g/mol. The molecule has 0 atom stereocenters. The van der Waals surface area contributed by atoms with Crippen molar-refractivity contribution in [2.45, 2.75) is 26.6 Å². The molecule has 0 aliphatic carbocycles. The molecule has 0 unspecified atom stereocenters. The molecule has 0 spiro atoms. The van der Waals surface area contributed by atoms with Crippen molar-refractivity contribution in [3.63, 3.8) is 0 Å². The zero-order valence-corrected chi connectivity index (χ0v) is 8.15. The van der Waals surface area contributed by atoms with Crippen LogP contribution in [0.5, 0.6) is 0 Å². The summed E-state index contributed by atoms with van der Waals surface area (Å²) in [6, 6.07) is 0. The van der Waals surface area contributed by atoms with Crippen molar-refractivity contribution in [1.82, 2.24) is 0 Å². The second-order valence-electron chi connectivity index (χ2n) is 3.12. The Morgan fingerprint density at radius 3 is 2.20 bits per heavy atom. The lowest BCUT2D eigenvalue weighted by atomic mass is 10.6. The third kappa shape index (κ3) is 7.30. The molecule has 0 bridgehead atoms. The fourth-order valence-electron chi connectivity index (χ4n) is 0.378. The van der Waals surface area contributed by atoms with Crippen LogP contribution in [0.15, 0.2) is 17.9 Å². The quantitative estimate of drug-likeness (QED) is 0.283. The summed E-state index contributed by atoms with van der Waals surface area (Å²) in [5, 5.41) is 0. The van der Waals surface area contributed by atoms with E-state index in [0.29, 0.717) is 0 Å². The maximum Gasteiger partial charge on any atom is 0.129 e. The number of allylic oxidation sites excluding steroid dienone is 1. The van der Waals surface area contributed by atoms with Gasteiger partial charge in [0.05, 0.1) is 0 Å². The Morgan fingerprint density at radius 2 is 1.80 bits per heavy atom. The molecule has 0 aliphatic rings. The molecule has 0 fully saturated rings. The monoisotopic (exact) mass is 150 g/mol. The highest BCUT2D eigenvalue weighted by molar-refractivity contribution is 6.83. The molecule has 1 heteroatoms. The van der Waals surface area contributed by atoms with Gasteiger partial charge in [0.2, 0.25) is 0 Å². The van der Waals surface area contributed by atoms with Gasteiger partial charge in [0.15, 0.2) is 0 Å². The normalized spacial score (nSPS) is 8.80. The molecular weight excluding hydrogens is 136 g/mol. The zero-order valence-electron chi connectivity index (χ0n) is 7.15. The van der Waals surface area contributed by atoms with Crippen LogP contribution in [0, 0.1) is 11.5 Å². The van der Waals surface area contributed by atoms with Crippen molar-refractivity contribution in [2.24, 2.45) is 0 Å². The van der Waals surface area contributed by atoms with Gasteiger partial charge in [-0.05, 0) is 13.0 Å². The number of hydrogen-bond donors (Lipinski definition) is 0. The van der Waals surface area contributed by atoms with Crippen LogP contribution in [0.2, 0.25) is 19.6 Å². The van der Waals surface area contributed by atoms with Gasteiger partial charge < -0.3 is 0 Å². The molecule has 0 amide bonds. The molecule has 0 nitrogen and oxygen atoms in total. The Hall–Kier alpha value is -0.703. The van der Waals surface area contributed by atoms with Crippen molar-refractivity contribution in [3.05, 3.63) is 17.9 Å². The summed E-state index contributed by atoms with van der Waals surface area (Å²) in [4.78, 5) is 0. The highest BCUT2D eigenvalue weighted by atomic mass is 28.3. The van der Waals surface area contributed by atoms with Gasteiger partial charge in [-0.1, -0.05) is 25.6 Å². The molecule has 0 radical (unpaired) electrons. The summed E-state index contributed by atoms with van der Waals surface area (Å²) >= 11 is 0. The Balaban J connectivity index is 4.07. The van der Waals surface area contributed by atoms with Crippen LogP contribution >= 0.6 is 0 Å².